The first kappa shape index (κ1) is 18.6. The van der Waals surface area contributed by atoms with Gasteiger partial charge >= 0.3 is 12.4 Å². The third-order valence-electron chi connectivity index (χ3n) is 2.54. The van der Waals surface area contributed by atoms with Crippen molar-refractivity contribution in [3.63, 3.8) is 0 Å². The van der Waals surface area contributed by atoms with E-state index < -0.39 is 40.9 Å². The molecule has 114 valence electrons. The summed E-state index contributed by atoms with van der Waals surface area (Å²) in [6.45, 7) is 1.14. The number of hydrogen-bond donors (Lipinski definition) is 1. The number of benzene rings is 1. The third kappa shape index (κ3) is 4.29. The molecular formula is C11H10ClF6NO. The van der Waals surface area contributed by atoms with Crippen LogP contribution >= 0.6 is 12.4 Å². The van der Waals surface area contributed by atoms with Crippen LogP contribution in [0, 0.1) is 0 Å². The highest BCUT2D eigenvalue weighted by atomic mass is 35.5. The van der Waals surface area contributed by atoms with E-state index in [9.17, 15) is 31.1 Å². The normalized spacial score (nSPS) is 13.6. The van der Waals surface area contributed by atoms with E-state index in [1.165, 1.54) is 0 Å². The van der Waals surface area contributed by atoms with Crippen LogP contribution in [-0.2, 0) is 17.1 Å². The van der Waals surface area contributed by atoms with Crippen molar-refractivity contribution < 1.29 is 31.1 Å². The maximum absolute atomic E-state index is 12.5. The topological polar surface area (TPSA) is 43.1 Å². The number of nitrogens with two attached hydrogens (primary N) is 1. The van der Waals surface area contributed by atoms with Gasteiger partial charge in [-0.3, -0.25) is 4.79 Å². The molecule has 0 aliphatic heterocycles. The molecule has 1 rings (SSSR count). The summed E-state index contributed by atoms with van der Waals surface area (Å²) >= 11 is 0. The van der Waals surface area contributed by atoms with Crippen LogP contribution in [0.4, 0.5) is 26.3 Å². The van der Waals surface area contributed by atoms with Gasteiger partial charge in [-0.25, -0.2) is 0 Å². The number of alkyl halides is 6. The number of primary amides is 1. The number of rotatable bonds is 2. The monoisotopic (exact) mass is 321 g/mol. The minimum absolute atomic E-state index is 0. The lowest BCUT2D eigenvalue weighted by atomic mass is 9.95. The van der Waals surface area contributed by atoms with Gasteiger partial charge in [0, 0.05) is 0 Å². The molecule has 1 atom stereocenters. The van der Waals surface area contributed by atoms with Crippen molar-refractivity contribution in [1.29, 1.82) is 0 Å². The second kappa shape index (κ2) is 5.90. The molecule has 0 fully saturated rings. The Bertz CT molecular complexity index is 464. The molecule has 1 aromatic carbocycles. The Balaban J connectivity index is 0.00000361. The molecule has 0 saturated heterocycles. The molecule has 0 spiro atoms. The van der Waals surface area contributed by atoms with E-state index in [2.05, 4.69) is 0 Å². The Morgan fingerprint density at radius 2 is 1.35 bits per heavy atom. The van der Waals surface area contributed by atoms with Crippen LogP contribution < -0.4 is 5.73 Å². The molecule has 2 N–H and O–H groups in total. The summed E-state index contributed by atoms with van der Waals surface area (Å²) in [5.41, 5.74) is 1.53. The van der Waals surface area contributed by atoms with Crippen molar-refractivity contribution in [2.24, 2.45) is 5.73 Å². The quantitative estimate of drug-likeness (QED) is 0.829. The van der Waals surface area contributed by atoms with Crippen molar-refractivity contribution in [3.8, 4) is 0 Å². The van der Waals surface area contributed by atoms with E-state index in [1.54, 1.807) is 0 Å². The number of carbonyl (C=O) groups is 1. The standard InChI is InChI=1S/C11H9F6NO.ClH/c1-5(9(18)19)6-2-7(10(12,13)14)4-8(3-6)11(15,16)17;/h2-5H,1H3,(H2,18,19);1H/t5-;/m0./s1. The number of hydrogen-bond acceptors (Lipinski definition) is 1. The molecule has 1 amide bonds. The Kier molecular flexibility index (Phi) is 5.48. The molecule has 2 nitrogen and oxygen atoms in total. The molecule has 0 aliphatic rings. The van der Waals surface area contributed by atoms with Crippen LogP contribution in [-0.4, -0.2) is 5.91 Å². The van der Waals surface area contributed by atoms with Crippen LogP contribution in [0.3, 0.4) is 0 Å². The molecular weight excluding hydrogens is 312 g/mol. The zero-order chi connectivity index (χ0) is 15.0. The zero-order valence-corrected chi connectivity index (χ0v) is 10.8. The fourth-order valence-electron chi connectivity index (χ4n) is 1.39. The van der Waals surface area contributed by atoms with Gasteiger partial charge in [-0.2, -0.15) is 26.3 Å². The van der Waals surface area contributed by atoms with Gasteiger partial charge in [0.05, 0.1) is 17.0 Å². The first-order valence-corrected chi connectivity index (χ1v) is 5.01. The van der Waals surface area contributed by atoms with E-state index in [1.807, 2.05) is 0 Å². The lowest BCUT2D eigenvalue weighted by Crippen LogP contribution is -2.20. The second-order valence-electron chi connectivity index (χ2n) is 3.96. The predicted octanol–water partition coefficient (Wildman–Crippen LogP) is 3.73. The minimum atomic E-state index is -4.94. The summed E-state index contributed by atoms with van der Waals surface area (Å²) < 4.78 is 75.1. The van der Waals surface area contributed by atoms with E-state index >= 15 is 0 Å². The first-order valence-electron chi connectivity index (χ1n) is 5.01. The van der Waals surface area contributed by atoms with Gasteiger partial charge in [-0.05, 0) is 30.7 Å². The van der Waals surface area contributed by atoms with Gasteiger partial charge in [0.15, 0.2) is 0 Å². The molecule has 0 radical (unpaired) electrons. The number of amides is 1. The smallest absolute Gasteiger partial charge is 0.369 e. The fraction of sp³-hybridized carbons (Fsp3) is 0.364. The molecule has 0 heterocycles. The molecule has 0 aromatic heterocycles. The molecule has 20 heavy (non-hydrogen) atoms. The molecule has 0 bridgehead atoms. The zero-order valence-electron chi connectivity index (χ0n) is 9.97. The van der Waals surface area contributed by atoms with Gasteiger partial charge in [0.1, 0.15) is 0 Å². The van der Waals surface area contributed by atoms with Crippen molar-refractivity contribution in [1.82, 2.24) is 0 Å². The SMILES string of the molecule is C[C@H](C(N)=O)c1cc(C(F)(F)F)cc(C(F)(F)F)c1.Cl. The summed E-state index contributed by atoms with van der Waals surface area (Å²) in [5, 5.41) is 0. The largest absolute Gasteiger partial charge is 0.416 e. The molecule has 0 aliphatic carbocycles. The summed E-state index contributed by atoms with van der Waals surface area (Å²) in [6.07, 6.45) is -9.87. The summed E-state index contributed by atoms with van der Waals surface area (Å²) in [5.74, 6) is -2.25. The highest BCUT2D eigenvalue weighted by Gasteiger charge is 2.37. The number of carbonyl (C=O) groups excluding carboxylic acids is 1. The van der Waals surface area contributed by atoms with Gasteiger partial charge in [0.2, 0.25) is 5.91 Å². The van der Waals surface area contributed by atoms with Crippen LogP contribution in [0.5, 0.6) is 0 Å². The summed E-state index contributed by atoms with van der Waals surface area (Å²) in [6, 6.07) is 0.979. The molecule has 1 aromatic rings. The van der Waals surface area contributed by atoms with Gasteiger partial charge < -0.3 is 5.73 Å². The number of halogens is 7. The maximum atomic E-state index is 12.5. The Hall–Kier alpha value is -1.44. The third-order valence-corrected chi connectivity index (χ3v) is 2.54. The Morgan fingerprint density at radius 1 is 1.00 bits per heavy atom. The van der Waals surface area contributed by atoms with E-state index in [-0.39, 0.29) is 18.5 Å². The van der Waals surface area contributed by atoms with Crippen LogP contribution in [0.25, 0.3) is 0 Å². The van der Waals surface area contributed by atoms with Crippen LogP contribution in [0.15, 0.2) is 18.2 Å². The minimum Gasteiger partial charge on any atom is -0.369 e. The first-order chi connectivity index (χ1) is 8.43. The second-order valence-corrected chi connectivity index (χ2v) is 3.96. The Labute approximate surface area is 116 Å². The van der Waals surface area contributed by atoms with Crippen LogP contribution in [0.1, 0.15) is 29.5 Å². The molecule has 9 heteroatoms. The molecule has 0 saturated carbocycles. The van der Waals surface area contributed by atoms with E-state index in [0.717, 1.165) is 6.92 Å². The maximum Gasteiger partial charge on any atom is 0.416 e. The highest BCUT2D eigenvalue weighted by molar-refractivity contribution is 5.85. The predicted molar refractivity (Wildman–Crippen MR) is 61.3 cm³/mol. The van der Waals surface area contributed by atoms with Crippen molar-refractivity contribution >= 4 is 18.3 Å². The van der Waals surface area contributed by atoms with Crippen molar-refractivity contribution in [2.45, 2.75) is 25.2 Å². The fourth-order valence-corrected chi connectivity index (χ4v) is 1.39. The van der Waals surface area contributed by atoms with Crippen molar-refractivity contribution in [2.75, 3.05) is 0 Å². The summed E-state index contributed by atoms with van der Waals surface area (Å²) in [7, 11) is 0. The average Bonchev–Trinajstić information content (AvgIpc) is 2.24. The summed E-state index contributed by atoms with van der Waals surface area (Å²) in [4.78, 5) is 10.9. The lowest BCUT2D eigenvalue weighted by molar-refractivity contribution is -0.143. The average molecular weight is 322 g/mol. The van der Waals surface area contributed by atoms with E-state index in [4.69, 9.17) is 5.73 Å². The van der Waals surface area contributed by atoms with Gasteiger partial charge in [-0.1, -0.05) is 0 Å². The van der Waals surface area contributed by atoms with Gasteiger partial charge in [0.25, 0.3) is 0 Å². The van der Waals surface area contributed by atoms with Crippen LogP contribution in [0.2, 0.25) is 0 Å². The molecule has 0 unspecified atom stereocenters. The van der Waals surface area contributed by atoms with Crippen molar-refractivity contribution in [3.05, 3.63) is 34.9 Å². The Morgan fingerprint density at radius 3 is 1.60 bits per heavy atom. The van der Waals surface area contributed by atoms with E-state index in [0.29, 0.717) is 12.1 Å². The van der Waals surface area contributed by atoms with Gasteiger partial charge in [-0.15, -0.1) is 12.4 Å². The highest BCUT2D eigenvalue weighted by Crippen LogP contribution is 2.37. The lowest BCUT2D eigenvalue weighted by Gasteiger charge is -2.16.